The number of hydrogen-bond acceptors (Lipinski definition) is 2. The molecule has 2 amide bonds. The lowest BCUT2D eigenvalue weighted by molar-refractivity contribution is -0.150. The lowest BCUT2D eigenvalue weighted by Gasteiger charge is -2.33. The summed E-state index contributed by atoms with van der Waals surface area (Å²) in [5.41, 5.74) is -0.140. The fraction of sp³-hybridized carbons (Fsp3) is 0.467. The molecule has 5 nitrogen and oxygen atoms in total. The second kappa shape index (κ2) is 6.93. The zero-order valence-electron chi connectivity index (χ0n) is 11.7. The topological polar surface area (TPSA) is 78.4 Å². The number of aliphatic carboxylic acids is 1. The Balaban J connectivity index is 1.90. The van der Waals surface area contributed by atoms with Crippen LogP contribution in [-0.4, -0.2) is 23.7 Å². The maximum absolute atomic E-state index is 11.9. The van der Waals surface area contributed by atoms with Gasteiger partial charge in [0.2, 0.25) is 0 Å². The maximum atomic E-state index is 11.9. The average Bonchev–Trinajstić information content (AvgIpc) is 2.48. The van der Waals surface area contributed by atoms with Crippen molar-refractivity contribution >= 4 is 33.6 Å². The van der Waals surface area contributed by atoms with Crippen molar-refractivity contribution < 1.29 is 14.7 Å². The molecule has 0 bridgehead atoms. The molecule has 0 aliphatic heterocycles. The van der Waals surface area contributed by atoms with E-state index in [1.54, 1.807) is 12.1 Å². The number of carboxylic acids is 1. The first-order valence-electron chi connectivity index (χ1n) is 7.06. The number of halogens is 1. The van der Waals surface area contributed by atoms with E-state index < -0.39 is 11.4 Å². The summed E-state index contributed by atoms with van der Waals surface area (Å²) < 4.78 is 0.931. The fourth-order valence-electron chi connectivity index (χ4n) is 2.65. The van der Waals surface area contributed by atoms with E-state index in [1.165, 1.54) is 0 Å². The first-order chi connectivity index (χ1) is 10.0. The molecule has 3 N–H and O–H groups in total. The van der Waals surface area contributed by atoms with Crippen molar-refractivity contribution in [2.45, 2.75) is 32.1 Å². The summed E-state index contributed by atoms with van der Waals surface area (Å²) in [6, 6.07) is 6.84. The third kappa shape index (κ3) is 4.20. The van der Waals surface area contributed by atoms with Crippen molar-refractivity contribution in [3.05, 3.63) is 28.7 Å². The van der Waals surface area contributed by atoms with Gasteiger partial charge in [-0.15, -0.1) is 0 Å². The molecule has 0 spiro atoms. The molecule has 1 aromatic carbocycles. The lowest BCUT2D eigenvalue weighted by Crippen LogP contribution is -2.45. The molecule has 21 heavy (non-hydrogen) atoms. The minimum atomic E-state index is -0.814. The van der Waals surface area contributed by atoms with E-state index in [0.29, 0.717) is 18.5 Å². The van der Waals surface area contributed by atoms with Crippen LogP contribution in [0.2, 0.25) is 0 Å². The minimum Gasteiger partial charge on any atom is -0.481 e. The predicted molar refractivity (Wildman–Crippen MR) is 84.3 cm³/mol. The van der Waals surface area contributed by atoms with Crippen LogP contribution in [0.15, 0.2) is 28.7 Å². The fourth-order valence-corrected chi connectivity index (χ4v) is 2.92. The van der Waals surface area contributed by atoms with E-state index in [9.17, 15) is 14.7 Å². The van der Waals surface area contributed by atoms with Crippen LogP contribution in [-0.2, 0) is 4.79 Å². The molecule has 1 fully saturated rings. The maximum Gasteiger partial charge on any atom is 0.319 e. The number of rotatable bonds is 4. The van der Waals surface area contributed by atoms with Gasteiger partial charge in [0.1, 0.15) is 0 Å². The van der Waals surface area contributed by atoms with E-state index >= 15 is 0 Å². The Morgan fingerprint density at radius 1 is 1.14 bits per heavy atom. The van der Waals surface area contributed by atoms with Gasteiger partial charge in [-0.2, -0.15) is 0 Å². The number of hydrogen-bond donors (Lipinski definition) is 3. The van der Waals surface area contributed by atoms with Gasteiger partial charge in [0, 0.05) is 16.7 Å². The Bertz CT molecular complexity index is 510. The predicted octanol–water partition coefficient (Wildman–Crippen LogP) is 3.61. The van der Waals surface area contributed by atoms with Crippen molar-refractivity contribution in [2.24, 2.45) is 5.41 Å². The third-order valence-electron chi connectivity index (χ3n) is 3.95. The highest BCUT2D eigenvalue weighted by Crippen LogP contribution is 2.36. The zero-order valence-corrected chi connectivity index (χ0v) is 13.3. The molecule has 1 aromatic rings. The van der Waals surface area contributed by atoms with Crippen molar-refractivity contribution in [3.63, 3.8) is 0 Å². The molecule has 2 rings (SSSR count). The highest BCUT2D eigenvalue weighted by Gasteiger charge is 2.39. The van der Waals surface area contributed by atoms with Crippen molar-refractivity contribution in [1.29, 1.82) is 0 Å². The summed E-state index contributed by atoms with van der Waals surface area (Å²) in [6.45, 7) is 0.171. The van der Waals surface area contributed by atoms with Crippen LogP contribution in [0, 0.1) is 5.41 Å². The molecule has 0 atom stereocenters. The number of carbonyl (C=O) groups is 2. The van der Waals surface area contributed by atoms with Gasteiger partial charge in [0.25, 0.3) is 0 Å². The highest BCUT2D eigenvalue weighted by atomic mass is 79.9. The Morgan fingerprint density at radius 2 is 1.76 bits per heavy atom. The molecular formula is C15H19BrN2O3. The average molecular weight is 355 g/mol. The van der Waals surface area contributed by atoms with Crippen LogP contribution in [0.3, 0.4) is 0 Å². The van der Waals surface area contributed by atoms with Gasteiger partial charge in [-0.25, -0.2) is 4.79 Å². The molecule has 0 radical (unpaired) electrons. The second-order valence-corrected chi connectivity index (χ2v) is 6.38. The first kappa shape index (κ1) is 15.8. The number of benzene rings is 1. The molecule has 114 valence electrons. The molecule has 1 aliphatic carbocycles. The Kier molecular flexibility index (Phi) is 5.22. The third-order valence-corrected chi connectivity index (χ3v) is 4.48. The van der Waals surface area contributed by atoms with Crippen LogP contribution in [0.4, 0.5) is 10.5 Å². The largest absolute Gasteiger partial charge is 0.481 e. The quantitative estimate of drug-likeness (QED) is 0.772. The number of amides is 2. The molecule has 6 heteroatoms. The molecular weight excluding hydrogens is 336 g/mol. The number of urea groups is 1. The molecule has 0 saturated heterocycles. The minimum absolute atomic E-state index is 0.171. The normalized spacial score (nSPS) is 17.0. The summed E-state index contributed by atoms with van der Waals surface area (Å²) in [7, 11) is 0. The van der Waals surface area contributed by atoms with E-state index in [4.69, 9.17) is 0 Å². The number of anilines is 1. The second-order valence-electron chi connectivity index (χ2n) is 5.46. The molecule has 1 aliphatic rings. The van der Waals surface area contributed by atoms with Crippen molar-refractivity contribution in [1.82, 2.24) is 5.32 Å². The van der Waals surface area contributed by atoms with Gasteiger partial charge in [0.05, 0.1) is 5.41 Å². The van der Waals surface area contributed by atoms with Gasteiger partial charge in [-0.1, -0.05) is 35.2 Å². The van der Waals surface area contributed by atoms with Gasteiger partial charge < -0.3 is 15.7 Å². The monoisotopic (exact) mass is 354 g/mol. The van der Waals surface area contributed by atoms with Gasteiger partial charge in [-0.05, 0) is 37.1 Å². The Hall–Kier alpha value is -1.56. The number of carbonyl (C=O) groups excluding carboxylic acids is 1. The SMILES string of the molecule is O=C(NCC1(C(=O)O)CCCCC1)Nc1ccc(Br)cc1. The number of carboxylic acid groups (broad SMARTS) is 1. The van der Waals surface area contributed by atoms with Gasteiger partial charge in [0.15, 0.2) is 0 Å². The van der Waals surface area contributed by atoms with E-state index in [-0.39, 0.29) is 12.6 Å². The van der Waals surface area contributed by atoms with Crippen molar-refractivity contribution in [3.8, 4) is 0 Å². The molecule has 1 saturated carbocycles. The molecule has 0 unspecified atom stereocenters. The van der Waals surface area contributed by atoms with Crippen LogP contribution >= 0.6 is 15.9 Å². The highest BCUT2D eigenvalue weighted by molar-refractivity contribution is 9.10. The summed E-state index contributed by atoms with van der Waals surface area (Å²) >= 11 is 3.32. The van der Waals surface area contributed by atoms with Crippen molar-refractivity contribution in [2.75, 3.05) is 11.9 Å². The van der Waals surface area contributed by atoms with E-state index in [1.807, 2.05) is 12.1 Å². The van der Waals surface area contributed by atoms with E-state index in [0.717, 1.165) is 23.7 Å². The van der Waals surface area contributed by atoms with Crippen LogP contribution in [0.5, 0.6) is 0 Å². The first-order valence-corrected chi connectivity index (χ1v) is 7.85. The van der Waals surface area contributed by atoms with Gasteiger partial charge in [-0.3, -0.25) is 4.79 Å². The summed E-state index contributed by atoms with van der Waals surface area (Å²) in [6.07, 6.45) is 4.13. The zero-order chi connectivity index (χ0) is 15.3. The lowest BCUT2D eigenvalue weighted by atomic mass is 9.74. The van der Waals surface area contributed by atoms with Crippen LogP contribution < -0.4 is 10.6 Å². The van der Waals surface area contributed by atoms with Crippen LogP contribution in [0.1, 0.15) is 32.1 Å². The smallest absolute Gasteiger partial charge is 0.319 e. The molecule has 0 aromatic heterocycles. The standard InChI is InChI=1S/C15H19BrN2O3/c16-11-4-6-12(7-5-11)18-14(21)17-10-15(13(19)20)8-2-1-3-9-15/h4-7H,1-3,8-10H2,(H,19,20)(H2,17,18,21). The van der Waals surface area contributed by atoms with E-state index in [2.05, 4.69) is 26.6 Å². The number of nitrogens with one attached hydrogen (secondary N) is 2. The van der Waals surface area contributed by atoms with Crippen LogP contribution in [0.25, 0.3) is 0 Å². The Morgan fingerprint density at radius 3 is 2.33 bits per heavy atom. The summed E-state index contributed by atoms with van der Waals surface area (Å²) in [4.78, 5) is 23.4. The summed E-state index contributed by atoms with van der Waals surface area (Å²) in [5, 5.41) is 14.8. The summed E-state index contributed by atoms with van der Waals surface area (Å²) in [5.74, 6) is -0.814. The van der Waals surface area contributed by atoms with Gasteiger partial charge >= 0.3 is 12.0 Å². The molecule has 0 heterocycles. The Labute approximate surface area is 132 Å².